The van der Waals surface area contributed by atoms with E-state index in [9.17, 15) is 14.9 Å². The molecule has 7 aliphatic rings. The molecule has 408 valence electrons. The van der Waals surface area contributed by atoms with Crippen molar-refractivity contribution in [1.82, 2.24) is 40.1 Å². The van der Waals surface area contributed by atoms with Gasteiger partial charge >= 0.3 is 5.97 Å². The Morgan fingerprint density at radius 1 is 0.974 bits per heavy atom. The third kappa shape index (κ3) is 11.0. The van der Waals surface area contributed by atoms with Gasteiger partial charge in [0.25, 0.3) is 11.8 Å². The maximum atomic E-state index is 15.2. The summed E-state index contributed by atoms with van der Waals surface area (Å²) in [7, 11) is 1.73. The number of carbonyl (C=O) groups excluding carboxylic acids is 3. The summed E-state index contributed by atoms with van der Waals surface area (Å²) < 4.78 is 38.8. The fourth-order valence-electron chi connectivity index (χ4n) is 12.1. The monoisotopic (exact) mass is 1060 g/mol. The van der Waals surface area contributed by atoms with Gasteiger partial charge in [0.1, 0.15) is 23.2 Å². The van der Waals surface area contributed by atoms with Gasteiger partial charge in [-0.1, -0.05) is 19.9 Å². The Labute approximate surface area is 449 Å². The van der Waals surface area contributed by atoms with Gasteiger partial charge in [-0.25, -0.2) is 10.4 Å². The standard InChI is InChI=1S/C56H74N10O9S/c1-36(70-4)47-42(30-39(32-58-47)63-18-16-62(17-19-63)38-9-10-38)49-43-31-55(2,3)35-74-53(68)44-7-5-15-66(61-44)52(67)48(60-54(69)56(34-57)14-6-23-75-56)50(64-20-26-72-27-21-64)51-59-45(33-76-51)37-8-11-46(41(43)29-37)65(49)22-28-73-40-12-24-71-25-13-40/h8,11,29-30,32-33,36,38,40,44,48,50,61H,5-7,9-10,12-28,31,35H2,1-4H3,(H,60,69)/t36-,44-,48-,50-,56-/m0/s1. The molecule has 1 aliphatic carbocycles. The van der Waals surface area contributed by atoms with Gasteiger partial charge in [-0.2, -0.15) is 5.26 Å². The summed E-state index contributed by atoms with van der Waals surface area (Å²) in [6.45, 7) is 15.0. The maximum absolute atomic E-state index is 15.2. The molecule has 6 bridgehead atoms. The first-order valence-electron chi connectivity index (χ1n) is 27.7. The molecule has 4 aromatic rings. The number of amides is 2. The first kappa shape index (κ1) is 52.9. The van der Waals surface area contributed by atoms with Crippen LogP contribution in [0.25, 0.3) is 33.4 Å². The number of aromatic nitrogens is 3. The summed E-state index contributed by atoms with van der Waals surface area (Å²) in [4.78, 5) is 61.9. The zero-order chi connectivity index (χ0) is 52.6. The Bertz CT molecular complexity index is 2780. The number of anilines is 1. The number of hydrogen-bond donors (Lipinski definition) is 2. The van der Waals surface area contributed by atoms with Crippen LogP contribution >= 0.6 is 11.3 Å². The van der Waals surface area contributed by atoms with Crippen molar-refractivity contribution >= 4 is 45.7 Å². The molecule has 3 aromatic heterocycles. The third-order valence-corrected chi connectivity index (χ3v) is 17.5. The van der Waals surface area contributed by atoms with E-state index in [1.165, 1.54) is 29.2 Å². The van der Waals surface area contributed by atoms with E-state index in [4.69, 9.17) is 38.4 Å². The fraction of sp³-hybridized carbons (Fsp3) is 0.643. The lowest BCUT2D eigenvalue weighted by Gasteiger charge is -2.41. The number of hydrogen-bond acceptors (Lipinski definition) is 17. The van der Waals surface area contributed by atoms with Crippen LogP contribution in [0, 0.1) is 16.7 Å². The number of piperazine rings is 1. The minimum absolute atomic E-state index is 0.102. The van der Waals surface area contributed by atoms with Crippen molar-refractivity contribution < 1.29 is 42.8 Å². The van der Waals surface area contributed by atoms with E-state index >= 15 is 4.79 Å². The van der Waals surface area contributed by atoms with Gasteiger partial charge in [0, 0.05) is 125 Å². The van der Waals surface area contributed by atoms with Crippen molar-refractivity contribution in [3.8, 4) is 28.6 Å². The van der Waals surface area contributed by atoms with E-state index in [0.717, 1.165) is 89.4 Å². The zero-order valence-electron chi connectivity index (χ0n) is 44.6. The largest absolute Gasteiger partial charge is 0.464 e. The second kappa shape index (κ2) is 22.7. The van der Waals surface area contributed by atoms with Crippen molar-refractivity contribution in [3.63, 3.8) is 0 Å². The van der Waals surface area contributed by atoms with Gasteiger partial charge in [-0.05, 0) is 82.1 Å². The molecule has 11 rings (SSSR count). The molecule has 0 radical (unpaired) electrons. The van der Waals surface area contributed by atoms with Gasteiger partial charge in [0.15, 0.2) is 0 Å². The molecule has 0 spiro atoms. The fourth-order valence-corrected chi connectivity index (χ4v) is 13.1. The van der Waals surface area contributed by atoms with E-state index in [0.29, 0.717) is 95.9 Å². The van der Waals surface area contributed by atoms with Crippen molar-refractivity contribution in [1.29, 1.82) is 5.26 Å². The molecule has 0 unspecified atom stereocenters. The lowest BCUT2D eigenvalue weighted by atomic mass is 9.84. The van der Waals surface area contributed by atoms with E-state index in [1.54, 1.807) is 7.11 Å². The molecule has 6 fully saturated rings. The SMILES string of the molecule is CO[C@@H](C)c1ncc(N2CCN(C3CC3)CC2)cc1-c1c2c3cc(ccc3n1CCOC1CCOCC1)-c1csc(n1)[C@@H](N1CCOCC1)[C@H](NC(=O)[C@@]1(C#N)CCCO1)C(=O)N1CCC[C@H](N1)C(=O)OCC(C)(C)C2. The van der Waals surface area contributed by atoms with Crippen molar-refractivity contribution in [3.05, 3.63) is 52.1 Å². The number of ether oxygens (including phenoxy) is 6. The zero-order valence-corrected chi connectivity index (χ0v) is 45.4. The summed E-state index contributed by atoms with van der Waals surface area (Å²) in [5, 5.41) is 18.5. The molecule has 1 aromatic carbocycles. The van der Waals surface area contributed by atoms with E-state index in [2.05, 4.69) is 81.1 Å². The van der Waals surface area contributed by atoms with Gasteiger partial charge in [-0.3, -0.25) is 34.2 Å². The Balaban J connectivity index is 1.07. The number of esters is 1. The number of hydrazine groups is 1. The highest BCUT2D eigenvalue weighted by Crippen LogP contribution is 2.44. The number of methoxy groups -OCH3 is 1. The highest BCUT2D eigenvalue weighted by Gasteiger charge is 2.49. The first-order chi connectivity index (χ1) is 36.9. The number of thiazole rings is 1. The van der Waals surface area contributed by atoms with Crippen molar-refractivity contribution in [2.45, 2.75) is 127 Å². The number of nitrogens with zero attached hydrogens (tertiary/aromatic N) is 8. The van der Waals surface area contributed by atoms with Crippen LogP contribution in [0.15, 0.2) is 35.8 Å². The average molecular weight is 1060 g/mol. The lowest BCUT2D eigenvalue weighted by molar-refractivity contribution is -0.156. The van der Waals surface area contributed by atoms with E-state index < -0.39 is 46.9 Å². The Morgan fingerprint density at radius 3 is 2.50 bits per heavy atom. The molecule has 2 amide bonds. The molecule has 20 heteroatoms. The minimum Gasteiger partial charge on any atom is -0.464 e. The molecule has 6 aliphatic heterocycles. The van der Waals surface area contributed by atoms with Crippen LogP contribution in [0.1, 0.15) is 101 Å². The van der Waals surface area contributed by atoms with Crippen molar-refractivity contribution in [2.75, 3.05) is 104 Å². The number of nitrogens with one attached hydrogen (secondary N) is 2. The number of benzene rings is 1. The van der Waals surface area contributed by atoms with Crippen molar-refractivity contribution in [2.24, 2.45) is 5.41 Å². The Morgan fingerprint density at radius 2 is 1.76 bits per heavy atom. The Hall–Kier alpha value is -5.08. The topological polar surface area (TPSA) is 198 Å². The average Bonchev–Trinajstić information content (AvgIpc) is 3.95. The summed E-state index contributed by atoms with van der Waals surface area (Å²) >= 11 is 1.43. The maximum Gasteiger partial charge on any atom is 0.324 e. The van der Waals surface area contributed by atoms with Crippen LogP contribution in [0.3, 0.4) is 0 Å². The number of morpholine rings is 1. The smallest absolute Gasteiger partial charge is 0.324 e. The van der Waals surface area contributed by atoms with Gasteiger partial charge in [-0.15, -0.1) is 11.3 Å². The molecule has 2 N–H and O–H groups in total. The van der Waals surface area contributed by atoms with Gasteiger partial charge in [0.2, 0.25) is 5.60 Å². The lowest BCUT2D eigenvalue weighted by Crippen LogP contribution is -2.64. The molecule has 5 atom stereocenters. The molecule has 19 nitrogen and oxygen atoms in total. The van der Waals surface area contributed by atoms with E-state index in [1.807, 2.05) is 11.6 Å². The highest BCUT2D eigenvalue weighted by atomic mass is 32.1. The summed E-state index contributed by atoms with van der Waals surface area (Å²) in [5.74, 6) is -1.59. The number of carbonyl (C=O) groups is 3. The molecular formula is C56H74N10O9S. The molecule has 76 heavy (non-hydrogen) atoms. The summed E-state index contributed by atoms with van der Waals surface area (Å²) in [6, 6.07) is 8.87. The minimum atomic E-state index is -1.74. The van der Waals surface area contributed by atoms with Crippen LogP contribution in [0.4, 0.5) is 5.69 Å². The predicted octanol–water partition coefficient (Wildman–Crippen LogP) is 5.57. The second-order valence-corrected chi connectivity index (χ2v) is 23.3. The number of fused-ring (bicyclic) bond motifs is 6. The van der Waals surface area contributed by atoms with Crippen LogP contribution in [0.2, 0.25) is 0 Å². The normalized spacial score (nSPS) is 26.8. The van der Waals surface area contributed by atoms with Crippen LogP contribution in [-0.2, 0) is 55.8 Å². The number of cyclic esters (lactones) is 1. The van der Waals surface area contributed by atoms with Crippen LogP contribution in [0.5, 0.6) is 0 Å². The predicted molar refractivity (Wildman–Crippen MR) is 285 cm³/mol. The van der Waals surface area contributed by atoms with E-state index in [-0.39, 0.29) is 31.8 Å². The Kier molecular flexibility index (Phi) is 15.8. The van der Waals surface area contributed by atoms with Gasteiger partial charge < -0.3 is 43.2 Å². The quantitative estimate of drug-likeness (QED) is 0.167. The second-order valence-electron chi connectivity index (χ2n) is 22.4. The van der Waals surface area contributed by atoms with Crippen LogP contribution in [-0.4, -0.2) is 176 Å². The summed E-state index contributed by atoms with van der Waals surface area (Å²) in [6.07, 6.45) is 8.30. The van der Waals surface area contributed by atoms with Crippen LogP contribution < -0.4 is 15.6 Å². The number of nitriles is 1. The number of rotatable bonds is 12. The molecule has 9 heterocycles. The molecule has 1 saturated carbocycles. The molecular weight excluding hydrogens is 989 g/mol. The number of pyridine rings is 1. The molecule has 5 saturated heterocycles. The highest BCUT2D eigenvalue weighted by molar-refractivity contribution is 7.10. The van der Waals surface area contributed by atoms with Gasteiger partial charge in [0.05, 0.1) is 73.6 Å². The first-order valence-corrected chi connectivity index (χ1v) is 28.5. The third-order valence-electron chi connectivity index (χ3n) is 16.6. The summed E-state index contributed by atoms with van der Waals surface area (Å²) in [5.41, 5.74) is 8.52.